The average molecular weight is 312 g/mol. The molecule has 1 atom stereocenters. The number of carbonyl (C=O) groups is 2. The highest BCUT2D eigenvalue weighted by atomic mass is 16.5. The van der Waals surface area contributed by atoms with Crippen molar-refractivity contribution >= 4 is 11.8 Å². The van der Waals surface area contributed by atoms with Crippen molar-refractivity contribution in [2.75, 3.05) is 47.0 Å². The lowest BCUT2D eigenvalue weighted by molar-refractivity contribution is -0.169. The van der Waals surface area contributed by atoms with E-state index in [0.29, 0.717) is 38.6 Å². The summed E-state index contributed by atoms with van der Waals surface area (Å²) in [5.41, 5.74) is -0.242. The zero-order valence-corrected chi connectivity index (χ0v) is 14.1. The highest BCUT2D eigenvalue weighted by molar-refractivity contribution is 5.77. The highest BCUT2D eigenvalue weighted by Gasteiger charge is 2.54. The van der Waals surface area contributed by atoms with Crippen LogP contribution >= 0.6 is 0 Å². The van der Waals surface area contributed by atoms with Crippen LogP contribution in [-0.4, -0.2) is 74.2 Å². The SMILES string of the molecule is CC(C)CC(=O)N1CC2(C1)OCC[C@H]2COCC(=O)N(C)C. The predicted molar refractivity (Wildman–Crippen MR) is 82.3 cm³/mol. The maximum Gasteiger partial charge on any atom is 0.248 e. The molecule has 6 heteroatoms. The molecule has 6 nitrogen and oxygen atoms in total. The number of rotatable bonds is 6. The Balaban J connectivity index is 1.78. The molecule has 126 valence electrons. The van der Waals surface area contributed by atoms with Gasteiger partial charge in [-0.15, -0.1) is 0 Å². The smallest absolute Gasteiger partial charge is 0.248 e. The lowest BCUT2D eigenvalue weighted by Crippen LogP contribution is -2.66. The molecule has 2 saturated heterocycles. The average Bonchev–Trinajstić information content (AvgIpc) is 2.79. The summed E-state index contributed by atoms with van der Waals surface area (Å²) in [7, 11) is 3.44. The molecular weight excluding hydrogens is 284 g/mol. The molecule has 1 spiro atoms. The fourth-order valence-corrected chi connectivity index (χ4v) is 3.04. The zero-order chi connectivity index (χ0) is 16.3. The standard InChI is InChI=1S/C16H28N2O4/c1-12(2)7-14(19)18-10-16(11-18)13(5-6-22-16)8-21-9-15(20)17(3)4/h12-13H,5-11H2,1-4H3/t13-/m0/s1. The molecule has 0 unspecified atom stereocenters. The van der Waals surface area contributed by atoms with E-state index in [2.05, 4.69) is 13.8 Å². The molecule has 2 aliphatic heterocycles. The van der Waals surface area contributed by atoms with Crippen LogP contribution in [0.15, 0.2) is 0 Å². The third kappa shape index (κ3) is 3.79. The predicted octanol–water partition coefficient (Wildman–Crippen LogP) is 0.755. The molecule has 2 aliphatic rings. The van der Waals surface area contributed by atoms with Gasteiger partial charge in [-0.1, -0.05) is 13.8 Å². The van der Waals surface area contributed by atoms with Crippen molar-refractivity contribution in [1.82, 2.24) is 9.80 Å². The Kier molecular flexibility index (Phi) is 5.45. The van der Waals surface area contributed by atoms with Crippen molar-refractivity contribution in [2.45, 2.75) is 32.3 Å². The third-order valence-corrected chi connectivity index (χ3v) is 4.50. The number of likely N-dealkylation sites (tertiary alicyclic amines) is 1. The van der Waals surface area contributed by atoms with Crippen molar-refractivity contribution in [2.24, 2.45) is 11.8 Å². The molecule has 0 radical (unpaired) electrons. The fourth-order valence-electron chi connectivity index (χ4n) is 3.04. The Hall–Kier alpha value is -1.14. The molecule has 22 heavy (non-hydrogen) atoms. The van der Waals surface area contributed by atoms with E-state index in [1.54, 1.807) is 14.1 Å². The van der Waals surface area contributed by atoms with E-state index in [0.717, 1.165) is 6.42 Å². The van der Waals surface area contributed by atoms with E-state index in [1.807, 2.05) is 4.90 Å². The topological polar surface area (TPSA) is 59.1 Å². The fraction of sp³-hybridized carbons (Fsp3) is 0.875. The first kappa shape index (κ1) is 17.2. The van der Waals surface area contributed by atoms with Crippen molar-refractivity contribution in [3.63, 3.8) is 0 Å². The van der Waals surface area contributed by atoms with Gasteiger partial charge in [-0.3, -0.25) is 9.59 Å². The summed E-state index contributed by atoms with van der Waals surface area (Å²) >= 11 is 0. The molecule has 0 aliphatic carbocycles. The third-order valence-electron chi connectivity index (χ3n) is 4.50. The Morgan fingerprint density at radius 1 is 1.36 bits per heavy atom. The van der Waals surface area contributed by atoms with Crippen molar-refractivity contribution in [1.29, 1.82) is 0 Å². The molecule has 0 aromatic heterocycles. The van der Waals surface area contributed by atoms with Crippen LogP contribution in [0, 0.1) is 11.8 Å². The van der Waals surface area contributed by atoms with E-state index in [4.69, 9.17) is 9.47 Å². The van der Waals surface area contributed by atoms with Crippen molar-refractivity contribution in [3.05, 3.63) is 0 Å². The molecule has 2 amide bonds. The molecular formula is C16H28N2O4. The first-order valence-electron chi connectivity index (χ1n) is 8.03. The minimum atomic E-state index is -0.242. The van der Waals surface area contributed by atoms with Gasteiger partial charge >= 0.3 is 0 Å². The van der Waals surface area contributed by atoms with E-state index in [1.165, 1.54) is 4.90 Å². The van der Waals surface area contributed by atoms with Gasteiger partial charge < -0.3 is 19.3 Å². The second kappa shape index (κ2) is 6.96. The van der Waals surface area contributed by atoms with E-state index in [9.17, 15) is 9.59 Å². The number of nitrogens with zero attached hydrogens (tertiary/aromatic N) is 2. The van der Waals surface area contributed by atoms with Crippen LogP contribution in [0.1, 0.15) is 26.7 Å². The van der Waals surface area contributed by atoms with Crippen LogP contribution in [0.2, 0.25) is 0 Å². The van der Waals surface area contributed by atoms with Crippen LogP contribution in [0.4, 0.5) is 0 Å². The Labute approximate surface area is 132 Å². The monoisotopic (exact) mass is 312 g/mol. The van der Waals surface area contributed by atoms with Gasteiger partial charge in [-0.25, -0.2) is 0 Å². The minimum absolute atomic E-state index is 0.0321. The first-order valence-corrected chi connectivity index (χ1v) is 8.03. The van der Waals surface area contributed by atoms with Crippen LogP contribution in [0.25, 0.3) is 0 Å². The van der Waals surface area contributed by atoms with Gasteiger partial charge in [-0.2, -0.15) is 0 Å². The molecule has 2 heterocycles. The number of hydrogen-bond donors (Lipinski definition) is 0. The quantitative estimate of drug-likeness (QED) is 0.726. The molecule has 0 bridgehead atoms. The highest BCUT2D eigenvalue weighted by Crippen LogP contribution is 2.40. The normalized spacial score (nSPS) is 23.0. The lowest BCUT2D eigenvalue weighted by atomic mass is 9.81. The van der Waals surface area contributed by atoms with Crippen molar-refractivity contribution < 1.29 is 19.1 Å². The maximum absolute atomic E-state index is 12.0. The molecule has 2 rings (SSSR count). The van der Waals surface area contributed by atoms with Gasteiger partial charge in [0.1, 0.15) is 12.2 Å². The second-order valence-electron chi connectivity index (χ2n) is 7.05. The number of carbonyl (C=O) groups excluding carboxylic acids is 2. The summed E-state index contributed by atoms with van der Waals surface area (Å²) in [4.78, 5) is 27.0. The van der Waals surface area contributed by atoms with Crippen LogP contribution in [0.3, 0.4) is 0 Å². The van der Waals surface area contributed by atoms with Gasteiger partial charge in [0.15, 0.2) is 0 Å². The van der Waals surface area contributed by atoms with E-state index >= 15 is 0 Å². The lowest BCUT2D eigenvalue weighted by Gasteiger charge is -2.50. The second-order valence-corrected chi connectivity index (χ2v) is 7.05. The maximum atomic E-state index is 12.0. The summed E-state index contributed by atoms with van der Waals surface area (Å²) in [6.07, 6.45) is 1.52. The Morgan fingerprint density at radius 3 is 2.64 bits per heavy atom. The number of amides is 2. The number of ether oxygens (including phenoxy) is 2. The molecule has 0 aromatic rings. The van der Waals surface area contributed by atoms with Crippen LogP contribution < -0.4 is 0 Å². The van der Waals surface area contributed by atoms with Crippen LogP contribution in [-0.2, 0) is 19.1 Å². The summed E-state index contributed by atoms with van der Waals surface area (Å²) in [5, 5.41) is 0. The van der Waals surface area contributed by atoms with Gasteiger partial charge in [-0.05, 0) is 12.3 Å². The summed E-state index contributed by atoms with van der Waals surface area (Å²) in [5.74, 6) is 0.823. The summed E-state index contributed by atoms with van der Waals surface area (Å²) in [6.45, 7) is 6.77. The molecule has 2 fully saturated rings. The molecule has 0 N–H and O–H groups in total. The Bertz CT molecular complexity index is 416. The Morgan fingerprint density at radius 2 is 2.05 bits per heavy atom. The summed E-state index contributed by atoms with van der Waals surface area (Å²) < 4.78 is 11.5. The number of likely N-dealkylation sites (N-methyl/N-ethyl adjacent to an activating group) is 1. The van der Waals surface area contributed by atoms with Gasteiger partial charge in [0.25, 0.3) is 0 Å². The van der Waals surface area contributed by atoms with E-state index < -0.39 is 0 Å². The van der Waals surface area contributed by atoms with Gasteiger partial charge in [0, 0.05) is 33.0 Å². The number of hydrogen-bond acceptors (Lipinski definition) is 4. The molecule has 0 saturated carbocycles. The summed E-state index contributed by atoms with van der Waals surface area (Å²) in [6, 6.07) is 0. The van der Waals surface area contributed by atoms with Gasteiger partial charge in [0.05, 0.1) is 19.7 Å². The zero-order valence-electron chi connectivity index (χ0n) is 14.1. The van der Waals surface area contributed by atoms with Crippen molar-refractivity contribution in [3.8, 4) is 0 Å². The minimum Gasteiger partial charge on any atom is -0.371 e. The van der Waals surface area contributed by atoms with E-state index in [-0.39, 0.29) is 29.9 Å². The van der Waals surface area contributed by atoms with Crippen LogP contribution in [0.5, 0.6) is 0 Å². The largest absolute Gasteiger partial charge is 0.371 e. The van der Waals surface area contributed by atoms with Gasteiger partial charge in [0.2, 0.25) is 11.8 Å². The first-order chi connectivity index (χ1) is 10.3. The molecule has 0 aromatic carbocycles.